The third-order valence-electron chi connectivity index (χ3n) is 4.09. The van der Waals surface area contributed by atoms with Gasteiger partial charge in [-0.1, -0.05) is 29.8 Å². The second kappa shape index (κ2) is 4.30. The fraction of sp³-hybridized carbons (Fsp3) is 0.533. The summed E-state index contributed by atoms with van der Waals surface area (Å²) in [5, 5.41) is 3.23. The predicted molar refractivity (Wildman–Crippen MR) is 71.4 cm³/mol. The van der Waals surface area contributed by atoms with Gasteiger partial charge in [0.25, 0.3) is 0 Å². The summed E-state index contributed by atoms with van der Waals surface area (Å²) in [6.07, 6.45) is 4.42. The fourth-order valence-electron chi connectivity index (χ4n) is 2.69. The van der Waals surface area contributed by atoms with E-state index in [9.17, 15) is 4.79 Å². The van der Waals surface area contributed by atoms with Crippen LogP contribution in [0.5, 0.6) is 0 Å². The van der Waals surface area contributed by atoms with Crippen LogP contribution in [-0.2, 0) is 5.54 Å². The molecule has 96 valence electrons. The molecule has 1 aromatic carbocycles. The van der Waals surface area contributed by atoms with Crippen molar-refractivity contribution in [3.63, 3.8) is 0 Å². The van der Waals surface area contributed by atoms with Crippen LogP contribution in [0, 0.1) is 6.92 Å². The maximum absolute atomic E-state index is 12.2. The summed E-state index contributed by atoms with van der Waals surface area (Å²) < 4.78 is 0. The first-order chi connectivity index (χ1) is 8.70. The Kier molecular flexibility index (Phi) is 2.77. The van der Waals surface area contributed by atoms with E-state index in [4.69, 9.17) is 0 Å². The Bertz CT molecular complexity index is 442. The SMILES string of the molecule is Cc1ccc(C2(NC(=O)N3CCCC3)CC2)cc1. The van der Waals surface area contributed by atoms with E-state index in [1.54, 1.807) is 0 Å². The van der Waals surface area contributed by atoms with Crippen LogP contribution in [0.25, 0.3) is 0 Å². The minimum absolute atomic E-state index is 0.0760. The zero-order chi connectivity index (χ0) is 12.6. The average molecular weight is 244 g/mol. The van der Waals surface area contributed by atoms with Crippen molar-refractivity contribution < 1.29 is 4.79 Å². The number of carbonyl (C=O) groups excluding carboxylic acids is 1. The Hall–Kier alpha value is -1.51. The van der Waals surface area contributed by atoms with Crippen molar-refractivity contribution >= 4 is 6.03 Å². The Balaban J connectivity index is 1.71. The highest BCUT2D eigenvalue weighted by Gasteiger charge is 2.46. The lowest BCUT2D eigenvalue weighted by molar-refractivity contribution is 0.203. The molecule has 0 atom stereocenters. The number of rotatable bonds is 2. The van der Waals surface area contributed by atoms with Crippen molar-refractivity contribution in [3.05, 3.63) is 35.4 Å². The summed E-state index contributed by atoms with van der Waals surface area (Å²) in [5.74, 6) is 0. The number of aryl methyl sites for hydroxylation is 1. The van der Waals surface area contributed by atoms with E-state index < -0.39 is 0 Å². The van der Waals surface area contributed by atoms with Crippen molar-refractivity contribution in [1.82, 2.24) is 10.2 Å². The lowest BCUT2D eigenvalue weighted by Gasteiger charge is -2.23. The lowest BCUT2D eigenvalue weighted by Crippen LogP contribution is -2.43. The van der Waals surface area contributed by atoms with Gasteiger partial charge < -0.3 is 10.2 Å². The van der Waals surface area contributed by atoms with Crippen LogP contribution in [0.2, 0.25) is 0 Å². The molecule has 1 aromatic rings. The topological polar surface area (TPSA) is 32.3 Å². The van der Waals surface area contributed by atoms with Crippen LogP contribution in [0.15, 0.2) is 24.3 Å². The standard InChI is InChI=1S/C15H20N2O/c1-12-4-6-13(7-5-12)15(8-9-15)16-14(18)17-10-2-3-11-17/h4-7H,2-3,8-11H2,1H3,(H,16,18). The summed E-state index contributed by atoms with van der Waals surface area (Å²) in [6, 6.07) is 8.65. The van der Waals surface area contributed by atoms with Gasteiger partial charge in [-0.3, -0.25) is 0 Å². The predicted octanol–water partition coefficient (Wildman–Crippen LogP) is 2.79. The first kappa shape index (κ1) is 11.6. The van der Waals surface area contributed by atoms with Crippen molar-refractivity contribution in [1.29, 1.82) is 0 Å². The van der Waals surface area contributed by atoms with E-state index in [1.807, 2.05) is 4.90 Å². The van der Waals surface area contributed by atoms with E-state index in [0.717, 1.165) is 38.8 Å². The molecule has 3 heteroatoms. The van der Waals surface area contributed by atoms with E-state index >= 15 is 0 Å². The van der Waals surface area contributed by atoms with Gasteiger partial charge in [-0.15, -0.1) is 0 Å². The maximum Gasteiger partial charge on any atom is 0.318 e. The highest BCUT2D eigenvalue weighted by atomic mass is 16.2. The molecule has 2 fully saturated rings. The van der Waals surface area contributed by atoms with Crippen LogP contribution in [0.3, 0.4) is 0 Å². The highest BCUT2D eigenvalue weighted by Crippen LogP contribution is 2.45. The zero-order valence-electron chi connectivity index (χ0n) is 10.9. The number of nitrogens with one attached hydrogen (secondary N) is 1. The number of urea groups is 1. The molecule has 18 heavy (non-hydrogen) atoms. The van der Waals surface area contributed by atoms with E-state index in [-0.39, 0.29) is 11.6 Å². The number of amides is 2. The van der Waals surface area contributed by atoms with E-state index in [0.29, 0.717) is 0 Å². The highest BCUT2D eigenvalue weighted by molar-refractivity contribution is 5.76. The molecule has 3 nitrogen and oxygen atoms in total. The molecule has 1 aliphatic heterocycles. The summed E-state index contributed by atoms with van der Waals surface area (Å²) >= 11 is 0. The Morgan fingerprint density at radius 2 is 1.78 bits per heavy atom. The molecule has 1 saturated carbocycles. The first-order valence-corrected chi connectivity index (χ1v) is 6.84. The monoisotopic (exact) mass is 244 g/mol. The number of hydrogen-bond donors (Lipinski definition) is 1. The number of hydrogen-bond acceptors (Lipinski definition) is 1. The average Bonchev–Trinajstić information content (AvgIpc) is 2.94. The van der Waals surface area contributed by atoms with E-state index in [1.165, 1.54) is 11.1 Å². The number of nitrogens with zero attached hydrogens (tertiary/aromatic N) is 1. The molecular formula is C15H20N2O. The molecule has 1 N–H and O–H groups in total. The normalized spacial score (nSPS) is 20.8. The molecule has 0 aromatic heterocycles. The van der Waals surface area contributed by atoms with Gasteiger partial charge in [-0.05, 0) is 38.2 Å². The smallest absolute Gasteiger partial charge is 0.318 e. The molecule has 0 radical (unpaired) electrons. The quantitative estimate of drug-likeness (QED) is 0.852. The summed E-state index contributed by atoms with van der Waals surface area (Å²) in [4.78, 5) is 14.1. The van der Waals surface area contributed by atoms with Gasteiger partial charge in [0.1, 0.15) is 0 Å². The molecule has 3 rings (SSSR count). The Morgan fingerprint density at radius 1 is 1.17 bits per heavy atom. The minimum Gasteiger partial charge on any atom is -0.328 e. The van der Waals surface area contributed by atoms with Crippen molar-refractivity contribution in [2.45, 2.75) is 38.1 Å². The van der Waals surface area contributed by atoms with Crippen LogP contribution in [0.1, 0.15) is 36.8 Å². The summed E-state index contributed by atoms with van der Waals surface area (Å²) in [6.45, 7) is 3.91. The molecule has 1 heterocycles. The summed E-state index contributed by atoms with van der Waals surface area (Å²) in [5.41, 5.74) is 2.44. The van der Waals surface area contributed by atoms with Gasteiger partial charge in [-0.2, -0.15) is 0 Å². The zero-order valence-corrected chi connectivity index (χ0v) is 10.9. The first-order valence-electron chi connectivity index (χ1n) is 6.84. The van der Waals surface area contributed by atoms with Crippen LogP contribution < -0.4 is 5.32 Å². The van der Waals surface area contributed by atoms with Crippen molar-refractivity contribution in [2.24, 2.45) is 0 Å². The van der Waals surface area contributed by atoms with Gasteiger partial charge >= 0.3 is 6.03 Å². The van der Waals surface area contributed by atoms with Crippen molar-refractivity contribution in [3.8, 4) is 0 Å². The molecule has 0 unspecified atom stereocenters. The molecule has 2 aliphatic rings. The molecule has 2 amide bonds. The van der Waals surface area contributed by atoms with Crippen molar-refractivity contribution in [2.75, 3.05) is 13.1 Å². The van der Waals surface area contributed by atoms with Crippen LogP contribution in [-0.4, -0.2) is 24.0 Å². The third kappa shape index (κ3) is 2.09. The molecular weight excluding hydrogens is 224 g/mol. The maximum atomic E-state index is 12.2. The van der Waals surface area contributed by atoms with Crippen LogP contribution >= 0.6 is 0 Å². The molecule has 1 aliphatic carbocycles. The van der Waals surface area contributed by atoms with Gasteiger partial charge in [0, 0.05) is 13.1 Å². The number of carbonyl (C=O) groups is 1. The molecule has 0 bridgehead atoms. The lowest BCUT2D eigenvalue weighted by atomic mass is 10.0. The second-order valence-corrected chi connectivity index (χ2v) is 5.57. The second-order valence-electron chi connectivity index (χ2n) is 5.57. The Morgan fingerprint density at radius 3 is 2.33 bits per heavy atom. The van der Waals surface area contributed by atoms with Gasteiger partial charge in [0.2, 0.25) is 0 Å². The number of likely N-dealkylation sites (tertiary alicyclic amines) is 1. The Labute approximate surface area is 108 Å². The van der Waals surface area contributed by atoms with Gasteiger partial charge in [0.15, 0.2) is 0 Å². The third-order valence-corrected chi connectivity index (χ3v) is 4.09. The summed E-state index contributed by atoms with van der Waals surface area (Å²) in [7, 11) is 0. The van der Waals surface area contributed by atoms with Gasteiger partial charge in [0.05, 0.1) is 5.54 Å². The largest absolute Gasteiger partial charge is 0.328 e. The fourth-order valence-corrected chi connectivity index (χ4v) is 2.69. The van der Waals surface area contributed by atoms with Crippen LogP contribution in [0.4, 0.5) is 4.79 Å². The number of benzene rings is 1. The molecule has 1 saturated heterocycles. The minimum atomic E-state index is -0.0760. The van der Waals surface area contributed by atoms with E-state index in [2.05, 4.69) is 36.5 Å². The van der Waals surface area contributed by atoms with Gasteiger partial charge in [-0.25, -0.2) is 4.79 Å². The molecule has 0 spiro atoms.